The molecule has 2 heterocycles. The van der Waals surface area contributed by atoms with E-state index in [1.807, 2.05) is 0 Å². The van der Waals surface area contributed by atoms with Crippen LogP contribution in [0, 0.1) is 18.6 Å². The first-order valence-corrected chi connectivity index (χ1v) is 6.61. The lowest BCUT2D eigenvalue weighted by atomic mass is 10.1. The smallest absolute Gasteiger partial charge is 0.298 e. The molecule has 1 aromatic heterocycles. The summed E-state index contributed by atoms with van der Waals surface area (Å²) in [7, 11) is 0. The lowest BCUT2D eigenvalue weighted by molar-refractivity contribution is -0.114. The molecule has 1 aromatic carbocycles. The van der Waals surface area contributed by atoms with Crippen LogP contribution in [0.3, 0.4) is 0 Å². The molecule has 102 valence electrons. The number of hydrogen-bond donors (Lipinski definition) is 0. The highest BCUT2D eigenvalue weighted by atomic mass is 32.1. The average molecular weight is 294 g/mol. The molecule has 3 rings (SSSR count). The summed E-state index contributed by atoms with van der Waals surface area (Å²) in [6.45, 7) is 1.82. The van der Waals surface area contributed by atoms with E-state index < -0.39 is 23.3 Å². The van der Waals surface area contributed by atoms with E-state index in [1.165, 1.54) is 11.3 Å². The Morgan fingerprint density at radius 1 is 1.30 bits per heavy atom. The van der Waals surface area contributed by atoms with Gasteiger partial charge in [-0.2, -0.15) is 0 Å². The van der Waals surface area contributed by atoms with Crippen LogP contribution in [-0.2, 0) is 11.3 Å². The largest absolute Gasteiger partial charge is 0.299 e. The lowest BCUT2D eigenvalue weighted by Gasteiger charge is -2.14. The quantitative estimate of drug-likeness (QED) is 0.799. The zero-order valence-electron chi connectivity index (χ0n) is 10.3. The van der Waals surface area contributed by atoms with Crippen LogP contribution in [0.4, 0.5) is 14.5 Å². The van der Waals surface area contributed by atoms with Gasteiger partial charge in [-0.15, -0.1) is 11.3 Å². The van der Waals surface area contributed by atoms with Gasteiger partial charge in [0, 0.05) is 17.1 Å². The van der Waals surface area contributed by atoms with Crippen molar-refractivity contribution in [3.05, 3.63) is 45.4 Å². The van der Waals surface area contributed by atoms with Gasteiger partial charge in [-0.1, -0.05) is 0 Å². The van der Waals surface area contributed by atoms with Crippen molar-refractivity contribution in [3.63, 3.8) is 0 Å². The Hall–Kier alpha value is -2.15. The molecule has 1 aliphatic heterocycles. The molecule has 1 aliphatic rings. The first kappa shape index (κ1) is 12.9. The minimum absolute atomic E-state index is 0.0268. The van der Waals surface area contributed by atoms with E-state index in [-0.39, 0.29) is 17.8 Å². The van der Waals surface area contributed by atoms with E-state index in [1.54, 1.807) is 12.3 Å². The lowest BCUT2D eigenvalue weighted by Crippen LogP contribution is -2.29. The van der Waals surface area contributed by atoms with Gasteiger partial charge >= 0.3 is 0 Å². The number of rotatable bonds is 2. The summed E-state index contributed by atoms with van der Waals surface area (Å²) in [6, 6.07) is 1.59. The summed E-state index contributed by atoms with van der Waals surface area (Å²) in [6.07, 6.45) is 0. The highest BCUT2D eigenvalue weighted by Crippen LogP contribution is 2.33. The number of carbonyl (C=O) groups excluding carboxylic acids is 2. The Balaban J connectivity index is 2.06. The number of aryl methyl sites for hydroxylation is 1. The minimum Gasteiger partial charge on any atom is -0.298 e. The normalized spacial score (nSPS) is 14.1. The van der Waals surface area contributed by atoms with E-state index >= 15 is 0 Å². The van der Waals surface area contributed by atoms with Gasteiger partial charge in [0.25, 0.3) is 11.7 Å². The van der Waals surface area contributed by atoms with Crippen molar-refractivity contribution in [3.8, 4) is 0 Å². The maximum absolute atomic E-state index is 13.6. The van der Waals surface area contributed by atoms with Crippen molar-refractivity contribution in [2.45, 2.75) is 13.5 Å². The van der Waals surface area contributed by atoms with Crippen LogP contribution < -0.4 is 4.90 Å². The summed E-state index contributed by atoms with van der Waals surface area (Å²) < 4.78 is 26.9. The molecule has 4 nitrogen and oxygen atoms in total. The maximum Gasteiger partial charge on any atom is 0.299 e. The second-order valence-corrected chi connectivity index (χ2v) is 5.33. The molecule has 0 saturated heterocycles. The van der Waals surface area contributed by atoms with E-state index in [0.717, 1.165) is 16.7 Å². The Labute approximate surface area is 116 Å². The van der Waals surface area contributed by atoms with Crippen molar-refractivity contribution >= 4 is 28.7 Å². The number of halogens is 2. The summed E-state index contributed by atoms with van der Waals surface area (Å²) >= 11 is 1.32. The van der Waals surface area contributed by atoms with Gasteiger partial charge < -0.3 is 0 Å². The van der Waals surface area contributed by atoms with E-state index in [9.17, 15) is 18.4 Å². The number of nitrogens with zero attached hydrogens (tertiary/aromatic N) is 2. The third-order valence-electron chi connectivity index (χ3n) is 2.95. The van der Waals surface area contributed by atoms with Gasteiger partial charge in [0.05, 0.1) is 17.8 Å². The van der Waals surface area contributed by atoms with Crippen molar-refractivity contribution in [1.82, 2.24) is 4.98 Å². The zero-order valence-corrected chi connectivity index (χ0v) is 11.1. The van der Waals surface area contributed by atoms with Crippen LogP contribution in [0.15, 0.2) is 17.5 Å². The predicted octanol–water partition coefficient (Wildman–Crippen LogP) is 2.46. The molecule has 0 aliphatic carbocycles. The molecule has 0 unspecified atom stereocenters. The highest BCUT2D eigenvalue weighted by Gasteiger charge is 2.39. The number of fused-ring (bicyclic) bond motifs is 1. The third-order valence-corrected chi connectivity index (χ3v) is 3.90. The van der Waals surface area contributed by atoms with E-state index in [2.05, 4.69) is 4.98 Å². The third kappa shape index (κ3) is 1.90. The van der Waals surface area contributed by atoms with Crippen molar-refractivity contribution in [2.24, 2.45) is 0 Å². The zero-order chi connectivity index (χ0) is 14.4. The molecule has 0 saturated carbocycles. The number of Topliss-reactive ketones (excluding diaryl/α,β-unsaturated/α-hetero) is 1. The predicted molar refractivity (Wildman–Crippen MR) is 68.7 cm³/mol. The summed E-state index contributed by atoms with van der Waals surface area (Å²) in [4.78, 5) is 28.9. The van der Waals surface area contributed by atoms with Crippen LogP contribution in [-0.4, -0.2) is 16.7 Å². The molecule has 0 N–H and O–H groups in total. The molecule has 7 heteroatoms. The van der Waals surface area contributed by atoms with Crippen molar-refractivity contribution < 1.29 is 18.4 Å². The average Bonchev–Trinajstić information content (AvgIpc) is 2.87. The molecule has 0 bridgehead atoms. The van der Waals surface area contributed by atoms with Crippen molar-refractivity contribution in [1.29, 1.82) is 0 Å². The molecule has 0 fully saturated rings. The molecule has 0 spiro atoms. The fourth-order valence-corrected chi connectivity index (χ4v) is 2.86. The SMILES string of the molecule is Cc1csc(CN2C(=O)C(=O)c3c(F)cc(F)cc32)n1. The van der Waals surface area contributed by atoms with Gasteiger partial charge in [-0.3, -0.25) is 14.5 Å². The Morgan fingerprint density at radius 3 is 2.70 bits per heavy atom. The molecule has 0 atom stereocenters. The molecular weight excluding hydrogens is 286 g/mol. The standard InChI is InChI=1S/C13H8F2N2O2S/c1-6-5-20-10(16-6)4-17-9-3-7(14)2-8(15)11(9)12(18)13(17)19/h2-3,5H,4H2,1H3. The van der Waals surface area contributed by atoms with Gasteiger partial charge in [-0.05, 0) is 13.0 Å². The summed E-state index contributed by atoms with van der Waals surface area (Å²) in [5.74, 6) is -3.66. The van der Waals surface area contributed by atoms with Crippen LogP contribution in [0.25, 0.3) is 0 Å². The van der Waals surface area contributed by atoms with Gasteiger partial charge in [0.15, 0.2) is 0 Å². The Bertz CT molecular complexity index is 742. The van der Waals surface area contributed by atoms with E-state index in [4.69, 9.17) is 0 Å². The topological polar surface area (TPSA) is 50.3 Å². The number of anilines is 1. The molecular formula is C13H8F2N2O2S. The summed E-state index contributed by atoms with van der Waals surface area (Å²) in [5, 5.41) is 2.39. The van der Waals surface area contributed by atoms with Gasteiger partial charge in [-0.25, -0.2) is 13.8 Å². The number of thiazole rings is 1. The number of amides is 1. The molecule has 0 radical (unpaired) electrons. The first-order chi connectivity index (χ1) is 9.47. The maximum atomic E-state index is 13.6. The molecule has 1 amide bonds. The fourth-order valence-electron chi connectivity index (χ4n) is 2.10. The number of carbonyl (C=O) groups is 2. The Morgan fingerprint density at radius 2 is 2.05 bits per heavy atom. The number of benzene rings is 1. The first-order valence-electron chi connectivity index (χ1n) is 5.73. The second-order valence-electron chi connectivity index (χ2n) is 4.38. The number of aromatic nitrogens is 1. The van der Waals surface area contributed by atoms with Crippen molar-refractivity contribution in [2.75, 3.05) is 4.90 Å². The van der Waals surface area contributed by atoms with Gasteiger partial charge in [0.1, 0.15) is 16.6 Å². The second kappa shape index (κ2) is 4.45. The minimum atomic E-state index is -1.02. The fraction of sp³-hybridized carbons (Fsp3) is 0.154. The monoisotopic (exact) mass is 294 g/mol. The molecule has 20 heavy (non-hydrogen) atoms. The molecule has 2 aromatic rings. The highest BCUT2D eigenvalue weighted by molar-refractivity contribution is 7.09. The van der Waals surface area contributed by atoms with Crippen LogP contribution in [0.5, 0.6) is 0 Å². The van der Waals surface area contributed by atoms with Gasteiger partial charge in [0.2, 0.25) is 0 Å². The number of hydrogen-bond acceptors (Lipinski definition) is 4. The van der Waals surface area contributed by atoms with Crippen LogP contribution >= 0.6 is 11.3 Å². The van der Waals surface area contributed by atoms with Crippen LogP contribution in [0.1, 0.15) is 21.1 Å². The van der Waals surface area contributed by atoms with E-state index in [0.29, 0.717) is 11.1 Å². The summed E-state index contributed by atoms with van der Waals surface area (Å²) in [5.41, 5.74) is 0.378. The number of ketones is 1. The Kier molecular flexibility index (Phi) is 2.86. The van der Waals surface area contributed by atoms with Crippen LogP contribution in [0.2, 0.25) is 0 Å².